The Balaban J connectivity index is 1.10. The van der Waals surface area contributed by atoms with E-state index in [0.29, 0.717) is 23.1 Å². The number of nitrogens with zero attached hydrogens (tertiary/aromatic N) is 6. The predicted molar refractivity (Wildman–Crippen MR) is 237 cm³/mol. The molecule has 2 heterocycles. The molecule has 0 unspecified atom stereocenters. The van der Waals surface area contributed by atoms with Gasteiger partial charge in [0, 0.05) is 28.4 Å². The molecule has 0 saturated carbocycles. The molecule has 8 aromatic rings. The number of aromatic nitrogens is 6. The zero-order chi connectivity index (χ0) is 41.2. The summed E-state index contributed by atoms with van der Waals surface area (Å²) in [6.07, 6.45) is 3.31. The van der Waals surface area contributed by atoms with Crippen LogP contribution in [0.15, 0.2) is 169 Å². The van der Waals surface area contributed by atoms with Gasteiger partial charge in [-0.05, 0) is 71.8 Å². The fourth-order valence-electron chi connectivity index (χ4n) is 5.94. The highest BCUT2D eigenvalue weighted by molar-refractivity contribution is 7.86. The highest BCUT2D eigenvalue weighted by Crippen LogP contribution is 2.31. The molecule has 7 N–H and O–H groups in total. The molecule has 0 aliphatic carbocycles. The third-order valence-electron chi connectivity index (χ3n) is 8.59. The molecule has 0 aliphatic rings. The Hall–Kier alpha value is -8.21. The Bertz CT molecular complexity index is 2740. The van der Waals surface area contributed by atoms with Crippen LogP contribution in [0.2, 0.25) is 0 Å². The molecule has 6 aromatic carbocycles. The molecule has 0 spiro atoms. The number of anilines is 12. The highest BCUT2D eigenvalue weighted by atomic mass is 32.2. The number of rotatable bonds is 15. The molecule has 0 radical (unpaired) electrons. The van der Waals surface area contributed by atoms with Gasteiger partial charge in [0.15, 0.2) is 0 Å². The van der Waals surface area contributed by atoms with Gasteiger partial charge in [-0.1, -0.05) is 115 Å². The maximum Gasteiger partial charge on any atom is 0.297 e. The number of nitrogens with one attached hydrogen (secondary N) is 6. The average molecular weight is 813 g/mol. The molecule has 15 nitrogen and oxygen atoms in total. The van der Waals surface area contributed by atoms with Gasteiger partial charge in [0.05, 0.1) is 5.69 Å². The minimum Gasteiger partial charge on any atom is -0.324 e. The Morgan fingerprint density at radius 3 is 1.05 bits per heavy atom. The van der Waals surface area contributed by atoms with Gasteiger partial charge in [0.2, 0.25) is 35.7 Å². The molecule has 60 heavy (non-hydrogen) atoms. The lowest BCUT2D eigenvalue weighted by Crippen LogP contribution is -2.10. The second kappa shape index (κ2) is 17.9. The van der Waals surface area contributed by atoms with Gasteiger partial charge in [-0.3, -0.25) is 4.55 Å². The van der Waals surface area contributed by atoms with Crippen LogP contribution in [0.3, 0.4) is 0 Å². The van der Waals surface area contributed by atoms with Gasteiger partial charge in [-0.15, -0.1) is 0 Å². The number of para-hydroxylation sites is 5. The van der Waals surface area contributed by atoms with E-state index in [2.05, 4.69) is 61.8 Å². The maximum absolute atomic E-state index is 13.1. The van der Waals surface area contributed by atoms with Gasteiger partial charge < -0.3 is 31.9 Å². The lowest BCUT2D eigenvalue weighted by Gasteiger charge is -2.14. The first-order valence-corrected chi connectivity index (χ1v) is 20.0. The molecule has 0 bridgehead atoms. The summed E-state index contributed by atoms with van der Waals surface area (Å²) in [4.78, 5) is 27.0. The van der Waals surface area contributed by atoms with Gasteiger partial charge in [0.1, 0.15) is 4.90 Å². The third-order valence-corrected chi connectivity index (χ3v) is 9.56. The van der Waals surface area contributed by atoms with Crippen LogP contribution in [0.1, 0.15) is 11.1 Å². The maximum atomic E-state index is 13.1. The average Bonchev–Trinajstić information content (AvgIpc) is 3.24. The summed E-state index contributed by atoms with van der Waals surface area (Å²) in [6, 6.07) is 49.8. The molecular weight excluding hydrogens is 777 g/mol. The molecule has 0 fully saturated rings. The Labute approximate surface area is 345 Å². The molecular formula is C44H36N12O3S. The fraction of sp³-hybridized carbons (Fsp3) is 0. The lowest BCUT2D eigenvalue weighted by atomic mass is 10.1. The van der Waals surface area contributed by atoms with Crippen molar-refractivity contribution in [3.8, 4) is 0 Å². The largest absolute Gasteiger partial charge is 0.324 e. The monoisotopic (exact) mass is 812 g/mol. The van der Waals surface area contributed by atoms with E-state index >= 15 is 0 Å². The van der Waals surface area contributed by atoms with Crippen LogP contribution in [-0.4, -0.2) is 42.9 Å². The second-order valence-corrected chi connectivity index (χ2v) is 14.3. The Morgan fingerprint density at radius 1 is 0.350 bits per heavy atom. The quantitative estimate of drug-likeness (QED) is 0.0380. The van der Waals surface area contributed by atoms with Crippen molar-refractivity contribution in [2.45, 2.75) is 4.90 Å². The predicted octanol–water partition coefficient (Wildman–Crippen LogP) is 9.94. The van der Waals surface area contributed by atoms with Crippen molar-refractivity contribution in [2.75, 3.05) is 31.9 Å². The summed E-state index contributed by atoms with van der Waals surface area (Å²) in [5.41, 5.74) is 4.54. The topological polar surface area (TPSA) is 204 Å². The van der Waals surface area contributed by atoms with E-state index in [1.165, 1.54) is 6.07 Å². The first kappa shape index (κ1) is 38.7. The van der Waals surface area contributed by atoms with Crippen molar-refractivity contribution in [2.24, 2.45) is 0 Å². The van der Waals surface area contributed by atoms with E-state index in [0.717, 1.165) is 22.7 Å². The van der Waals surface area contributed by atoms with Crippen LogP contribution >= 0.6 is 0 Å². The summed E-state index contributed by atoms with van der Waals surface area (Å²) < 4.78 is 36.8. The van der Waals surface area contributed by atoms with Crippen LogP contribution in [0.5, 0.6) is 0 Å². The van der Waals surface area contributed by atoms with Crippen molar-refractivity contribution in [3.05, 3.63) is 175 Å². The Morgan fingerprint density at radius 2 is 0.650 bits per heavy atom. The van der Waals surface area contributed by atoms with Crippen LogP contribution < -0.4 is 31.9 Å². The molecule has 0 amide bonds. The van der Waals surface area contributed by atoms with Crippen LogP contribution in [0.25, 0.3) is 12.2 Å². The second-order valence-electron chi connectivity index (χ2n) is 12.9. The lowest BCUT2D eigenvalue weighted by molar-refractivity contribution is 0.483. The van der Waals surface area contributed by atoms with E-state index in [9.17, 15) is 13.0 Å². The van der Waals surface area contributed by atoms with Crippen LogP contribution in [-0.2, 0) is 10.1 Å². The Kier molecular flexibility index (Phi) is 11.6. The first-order valence-electron chi connectivity index (χ1n) is 18.5. The molecule has 0 saturated heterocycles. The normalized spacial score (nSPS) is 11.2. The molecule has 0 aliphatic heterocycles. The van der Waals surface area contributed by atoms with Crippen molar-refractivity contribution in [1.29, 1.82) is 0 Å². The first-order chi connectivity index (χ1) is 29.3. The molecule has 16 heteroatoms. The van der Waals surface area contributed by atoms with Crippen LogP contribution in [0, 0.1) is 0 Å². The standard InChI is InChI=1S/C44H36N12O3S/c57-60(58,59)38-31(17-15-27-37(38)50-44-55-41(47-34-22-9-3-10-23-34)52-42(56-44)48-35-24-11-4-12-25-35)29-28-30-16-13-14-26-36(30)49-43-53-39(45-32-18-5-1-6-19-32)51-40(54-43)46-33-20-7-2-8-21-33/h1-29H,(H,57,58,59)(H3,45,46,49,51,53,54)(H3,47,48,50,52,55,56)/b29-28+. The number of hydrogen-bond acceptors (Lipinski definition) is 14. The highest BCUT2D eigenvalue weighted by Gasteiger charge is 2.21. The van der Waals surface area contributed by atoms with Gasteiger partial charge in [-0.25, -0.2) is 0 Å². The molecule has 0 atom stereocenters. The SMILES string of the molecule is O=S(=O)(O)c1c(/C=C/c2ccccc2Nc2nc(Nc3ccccc3)nc(Nc3ccccc3)n2)cccc1Nc1nc(Nc2ccccc2)nc(Nc2ccccc2)n1. The van der Waals surface area contributed by atoms with Gasteiger partial charge in [0.25, 0.3) is 10.1 Å². The van der Waals surface area contributed by atoms with Gasteiger partial charge >= 0.3 is 0 Å². The van der Waals surface area contributed by atoms with Crippen molar-refractivity contribution >= 4 is 92.1 Å². The molecule has 8 rings (SSSR count). The minimum atomic E-state index is -4.80. The number of hydrogen-bond donors (Lipinski definition) is 7. The van der Waals surface area contributed by atoms with Crippen molar-refractivity contribution in [1.82, 2.24) is 29.9 Å². The molecule has 296 valence electrons. The summed E-state index contributed by atoms with van der Waals surface area (Å²) >= 11 is 0. The van der Waals surface area contributed by atoms with Gasteiger partial charge in [-0.2, -0.15) is 38.3 Å². The van der Waals surface area contributed by atoms with E-state index in [1.807, 2.05) is 146 Å². The zero-order valence-electron chi connectivity index (χ0n) is 31.6. The summed E-state index contributed by atoms with van der Waals surface area (Å²) in [5.74, 6) is 1.24. The van der Waals surface area contributed by atoms with E-state index < -0.39 is 10.1 Å². The van der Waals surface area contributed by atoms with Crippen molar-refractivity contribution < 1.29 is 13.0 Å². The summed E-state index contributed by atoms with van der Waals surface area (Å²) in [5, 5.41) is 19.0. The summed E-state index contributed by atoms with van der Waals surface area (Å²) in [6.45, 7) is 0. The van der Waals surface area contributed by atoms with E-state index in [4.69, 9.17) is 0 Å². The zero-order valence-corrected chi connectivity index (χ0v) is 32.4. The van der Waals surface area contributed by atoms with Crippen molar-refractivity contribution in [3.63, 3.8) is 0 Å². The smallest absolute Gasteiger partial charge is 0.297 e. The van der Waals surface area contributed by atoms with Crippen LogP contribution in [0.4, 0.5) is 69.8 Å². The molecule has 2 aromatic heterocycles. The third kappa shape index (κ3) is 10.2. The number of benzene rings is 6. The van der Waals surface area contributed by atoms with E-state index in [1.54, 1.807) is 24.3 Å². The fourth-order valence-corrected chi connectivity index (χ4v) is 6.77. The summed E-state index contributed by atoms with van der Waals surface area (Å²) in [7, 11) is -4.80. The van der Waals surface area contributed by atoms with E-state index in [-0.39, 0.29) is 39.9 Å². The minimum absolute atomic E-state index is 0.0158.